The van der Waals surface area contributed by atoms with Crippen LogP contribution in [0.4, 0.5) is 4.39 Å². The number of methoxy groups -OCH3 is 1. The van der Waals surface area contributed by atoms with Gasteiger partial charge in [0.05, 0.1) is 7.11 Å². The lowest BCUT2D eigenvalue weighted by Gasteiger charge is -2.37. The second-order valence-corrected chi connectivity index (χ2v) is 5.42. The lowest BCUT2D eigenvalue weighted by molar-refractivity contribution is -0.143. The molecule has 0 aromatic heterocycles. The summed E-state index contributed by atoms with van der Waals surface area (Å²) in [4.78, 5) is 22.7. The molecule has 0 heterocycles. The Kier molecular flexibility index (Phi) is 4.60. The molecule has 0 bridgehead atoms. The van der Waals surface area contributed by atoms with Crippen LogP contribution in [0.15, 0.2) is 18.2 Å². The molecule has 4 nitrogen and oxygen atoms in total. The maximum atomic E-state index is 14.4. The number of carbonyl (C=O) groups is 2. The van der Waals surface area contributed by atoms with E-state index in [0.717, 1.165) is 0 Å². The summed E-state index contributed by atoms with van der Waals surface area (Å²) >= 11 is 0. The summed E-state index contributed by atoms with van der Waals surface area (Å²) in [7, 11) is 1.48. The summed E-state index contributed by atoms with van der Waals surface area (Å²) < 4.78 is 24.8. The summed E-state index contributed by atoms with van der Waals surface area (Å²) in [6, 6.07) is 4.62. The van der Waals surface area contributed by atoms with Gasteiger partial charge in [-0.15, -0.1) is 0 Å². The molecule has 1 fully saturated rings. The highest BCUT2D eigenvalue weighted by atomic mass is 19.1. The molecule has 0 radical (unpaired) electrons. The molecule has 2 rings (SSSR count). The molecule has 0 unspecified atom stereocenters. The molecule has 1 saturated carbocycles. The normalized spacial score (nSPS) is 17.4. The third kappa shape index (κ3) is 3.23. The van der Waals surface area contributed by atoms with Gasteiger partial charge in [0, 0.05) is 30.7 Å². The van der Waals surface area contributed by atoms with Crippen LogP contribution in [0.5, 0.6) is 5.75 Å². The Labute approximate surface area is 123 Å². The van der Waals surface area contributed by atoms with Crippen molar-refractivity contribution in [2.24, 2.45) is 0 Å². The minimum absolute atomic E-state index is 0.0624. The van der Waals surface area contributed by atoms with Gasteiger partial charge in [-0.1, -0.05) is 6.07 Å². The molecular weight excluding hydrogens is 275 g/mol. The number of ketones is 1. The van der Waals surface area contributed by atoms with Crippen molar-refractivity contribution in [1.29, 1.82) is 0 Å². The van der Waals surface area contributed by atoms with Gasteiger partial charge in [-0.2, -0.15) is 0 Å². The third-order valence-corrected chi connectivity index (χ3v) is 4.04. The van der Waals surface area contributed by atoms with E-state index in [1.807, 2.05) is 0 Å². The fourth-order valence-corrected chi connectivity index (χ4v) is 2.90. The fourth-order valence-electron chi connectivity index (χ4n) is 2.90. The van der Waals surface area contributed by atoms with Crippen molar-refractivity contribution >= 4 is 11.8 Å². The van der Waals surface area contributed by atoms with Crippen molar-refractivity contribution in [2.45, 2.75) is 38.0 Å². The fraction of sp³-hybridized carbons (Fsp3) is 0.500. The van der Waals surface area contributed by atoms with Crippen LogP contribution < -0.4 is 4.74 Å². The Bertz CT molecular complexity index is 543. The Morgan fingerprint density at radius 2 is 2.00 bits per heavy atom. The molecule has 1 aromatic rings. The molecule has 1 aliphatic rings. The van der Waals surface area contributed by atoms with Crippen molar-refractivity contribution in [3.8, 4) is 5.75 Å². The highest BCUT2D eigenvalue weighted by molar-refractivity contribution is 5.79. The predicted molar refractivity (Wildman–Crippen MR) is 74.7 cm³/mol. The lowest BCUT2D eigenvalue weighted by atomic mass is 9.69. The summed E-state index contributed by atoms with van der Waals surface area (Å²) in [5.74, 6) is -0.224. The number of ether oxygens (including phenoxy) is 2. The molecule has 0 spiro atoms. The SMILES string of the molecule is COc1cccc(F)c1C1(COC(C)=O)CCC(=O)CC1. The molecule has 0 amide bonds. The third-order valence-electron chi connectivity index (χ3n) is 4.04. The number of halogens is 1. The largest absolute Gasteiger partial charge is 0.496 e. The van der Waals surface area contributed by atoms with E-state index in [0.29, 0.717) is 37.0 Å². The van der Waals surface area contributed by atoms with Crippen LogP contribution in [0, 0.1) is 5.82 Å². The van der Waals surface area contributed by atoms with Crippen molar-refractivity contribution in [1.82, 2.24) is 0 Å². The average molecular weight is 294 g/mol. The first kappa shape index (κ1) is 15.5. The Morgan fingerprint density at radius 3 is 2.57 bits per heavy atom. The standard InChI is InChI=1S/C16H19FO4/c1-11(18)21-10-16(8-6-12(19)7-9-16)15-13(17)4-3-5-14(15)20-2/h3-5H,6-10H2,1-2H3. The van der Waals surface area contributed by atoms with E-state index < -0.39 is 17.2 Å². The van der Waals surface area contributed by atoms with Crippen LogP contribution in [0.1, 0.15) is 38.2 Å². The molecule has 114 valence electrons. The number of benzene rings is 1. The van der Waals surface area contributed by atoms with Crippen LogP contribution in [-0.2, 0) is 19.7 Å². The minimum atomic E-state index is -0.698. The zero-order valence-electron chi connectivity index (χ0n) is 12.3. The topological polar surface area (TPSA) is 52.6 Å². The first-order valence-electron chi connectivity index (χ1n) is 6.96. The van der Waals surface area contributed by atoms with Gasteiger partial charge in [0.15, 0.2) is 0 Å². The molecule has 0 saturated heterocycles. The van der Waals surface area contributed by atoms with Gasteiger partial charge in [-0.3, -0.25) is 9.59 Å². The summed E-state index contributed by atoms with van der Waals surface area (Å²) in [6.07, 6.45) is 1.63. The average Bonchev–Trinajstić information content (AvgIpc) is 2.47. The van der Waals surface area contributed by atoms with Gasteiger partial charge in [0.2, 0.25) is 0 Å². The van der Waals surface area contributed by atoms with Gasteiger partial charge in [0.1, 0.15) is 24.0 Å². The number of carbonyl (C=O) groups excluding carboxylic acids is 2. The van der Waals surface area contributed by atoms with Gasteiger partial charge in [-0.25, -0.2) is 4.39 Å². The van der Waals surface area contributed by atoms with Gasteiger partial charge >= 0.3 is 5.97 Å². The molecule has 0 N–H and O–H groups in total. The van der Waals surface area contributed by atoms with Crippen LogP contribution in [0.25, 0.3) is 0 Å². The van der Waals surface area contributed by atoms with E-state index in [9.17, 15) is 14.0 Å². The zero-order valence-corrected chi connectivity index (χ0v) is 12.3. The molecule has 21 heavy (non-hydrogen) atoms. The monoisotopic (exact) mass is 294 g/mol. The highest BCUT2D eigenvalue weighted by Gasteiger charge is 2.41. The predicted octanol–water partition coefficient (Wildman–Crippen LogP) is 2.78. The van der Waals surface area contributed by atoms with Gasteiger partial charge in [-0.05, 0) is 25.0 Å². The van der Waals surface area contributed by atoms with Crippen molar-refractivity contribution in [2.75, 3.05) is 13.7 Å². The molecule has 0 atom stereocenters. The maximum Gasteiger partial charge on any atom is 0.302 e. The van der Waals surface area contributed by atoms with E-state index in [-0.39, 0.29) is 12.4 Å². The zero-order chi connectivity index (χ0) is 15.5. The van der Waals surface area contributed by atoms with E-state index in [1.54, 1.807) is 12.1 Å². The Morgan fingerprint density at radius 1 is 1.33 bits per heavy atom. The first-order valence-corrected chi connectivity index (χ1v) is 6.96. The smallest absolute Gasteiger partial charge is 0.302 e. The summed E-state index contributed by atoms with van der Waals surface area (Å²) in [5.41, 5.74) is -0.294. The first-order chi connectivity index (χ1) is 9.98. The Hall–Kier alpha value is -1.91. The maximum absolute atomic E-state index is 14.4. The van der Waals surface area contributed by atoms with Crippen molar-refractivity contribution < 1.29 is 23.5 Å². The lowest BCUT2D eigenvalue weighted by Crippen LogP contribution is -2.38. The number of hydrogen-bond acceptors (Lipinski definition) is 4. The van der Waals surface area contributed by atoms with Crippen LogP contribution in [0.2, 0.25) is 0 Å². The number of hydrogen-bond donors (Lipinski definition) is 0. The van der Waals surface area contributed by atoms with E-state index >= 15 is 0 Å². The second kappa shape index (κ2) is 6.24. The van der Waals surface area contributed by atoms with Crippen LogP contribution in [0.3, 0.4) is 0 Å². The quantitative estimate of drug-likeness (QED) is 0.801. The number of Topliss-reactive ketones (excluding diaryl/α,β-unsaturated/α-hetero) is 1. The van der Waals surface area contributed by atoms with E-state index in [4.69, 9.17) is 9.47 Å². The number of esters is 1. The van der Waals surface area contributed by atoms with Crippen LogP contribution >= 0.6 is 0 Å². The van der Waals surface area contributed by atoms with E-state index in [1.165, 1.54) is 20.1 Å². The molecule has 5 heteroatoms. The van der Waals surface area contributed by atoms with E-state index in [2.05, 4.69) is 0 Å². The van der Waals surface area contributed by atoms with Crippen LogP contribution in [-0.4, -0.2) is 25.5 Å². The summed E-state index contributed by atoms with van der Waals surface area (Å²) in [5, 5.41) is 0. The van der Waals surface area contributed by atoms with Gasteiger partial charge < -0.3 is 9.47 Å². The Balaban J connectivity index is 2.44. The van der Waals surface area contributed by atoms with Gasteiger partial charge in [0.25, 0.3) is 0 Å². The highest BCUT2D eigenvalue weighted by Crippen LogP contribution is 2.44. The van der Waals surface area contributed by atoms with Crippen molar-refractivity contribution in [3.63, 3.8) is 0 Å². The van der Waals surface area contributed by atoms with Crippen molar-refractivity contribution in [3.05, 3.63) is 29.6 Å². The minimum Gasteiger partial charge on any atom is -0.496 e. The molecule has 0 aliphatic heterocycles. The summed E-state index contributed by atoms with van der Waals surface area (Å²) in [6.45, 7) is 1.38. The molecule has 1 aliphatic carbocycles. The molecular formula is C16H19FO4. The number of rotatable bonds is 4. The molecule has 1 aromatic carbocycles. The second-order valence-electron chi connectivity index (χ2n) is 5.42.